The summed E-state index contributed by atoms with van der Waals surface area (Å²) in [5.74, 6) is -3.39. The molecule has 1 aliphatic rings. The van der Waals surface area contributed by atoms with Crippen LogP contribution in [-0.2, 0) is 14.3 Å². The van der Waals surface area contributed by atoms with Crippen LogP contribution in [0, 0.1) is 17.8 Å². The number of hydrogen-bond donors (Lipinski definition) is 1. The number of benzene rings is 1. The van der Waals surface area contributed by atoms with Crippen molar-refractivity contribution in [2.75, 3.05) is 6.61 Å². The van der Waals surface area contributed by atoms with Crippen LogP contribution in [0.15, 0.2) is 102 Å². The van der Waals surface area contributed by atoms with Gasteiger partial charge in [0.1, 0.15) is 6.61 Å². The van der Waals surface area contributed by atoms with Crippen LogP contribution < -0.4 is 0 Å². The van der Waals surface area contributed by atoms with Crippen molar-refractivity contribution in [1.29, 1.82) is 0 Å². The Hall–Kier alpha value is -3.40. The van der Waals surface area contributed by atoms with E-state index >= 15 is 0 Å². The third-order valence-corrected chi connectivity index (χ3v) is 6.36. The van der Waals surface area contributed by atoms with Crippen LogP contribution in [0.4, 0.5) is 0 Å². The Morgan fingerprint density at radius 1 is 1.03 bits per heavy atom. The molecule has 0 radical (unpaired) electrons. The number of ether oxygens (including phenoxy) is 1. The van der Waals surface area contributed by atoms with Crippen LogP contribution in [-0.4, -0.2) is 23.7 Å². The first-order valence-electron chi connectivity index (χ1n) is 12.2. The molecule has 4 heteroatoms. The van der Waals surface area contributed by atoms with Crippen molar-refractivity contribution in [3.05, 3.63) is 108 Å². The van der Waals surface area contributed by atoms with Gasteiger partial charge < -0.3 is 9.84 Å². The van der Waals surface area contributed by atoms with Gasteiger partial charge >= 0.3 is 11.9 Å². The zero-order valence-corrected chi connectivity index (χ0v) is 22.0. The number of esters is 1. The Labute approximate surface area is 211 Å². The highest BCUT2D eigenvalue weighted by Gasteiger charge is 2.58. The van der Waals surface area contributed by atoms with E-state index in [2.05, 4.69) is 13.2 Å². The fraction of sp³-hybridized carbons (Fsp3) is 0.355. The number of carbonyl (C=O) groups is 2. The summed E-state index contributed by atoms with van der Waals surface area (Å²) in [6.07, 6.45) is 11.1. The van der Waals surface area contributed by atoms with Gasteiger partial charge in [-0.3, -0.25) is 9.59 Å². The maximum atomic E-state index is 13.3. The molecule has 4 nitrogen and oxygen atoms in total. The quantitative estimate of drug-likeness (QED) is 0.216. The first kappa shape index (κ1) is 29.6. The molecule has 0 spiro atoms. The number of rotatable bonds is 10. The van der Waals surface area contributed by atoms with Crippen molar-refractivity contribution >= 4 is 11.9 Å². The third kappa shape index (κ3) is 7.29. The zero-order chi connectivity index (χ0) is 26.5. The number of hydrogen-bond acceptors (Lipinski definition) is 3. The Balaban J connectivity index is 0.00000298. The van der Waals surface area contributed by atoms with Crippen LogP contribution in [0.1, 0.15) is 53.0 Å². The van der Waals surface area contributed by atoms with Gasteiger partial charge in [-0.05, 0) is 50.0 Å². The summed E-state index contributed by atoms with van der Waals surface area (Å²) in [6.45, 7) is 19.6. The maximum absolute atomic E-state index is 13.3. The molecular weight excluding hydrogens is 436 g/mol. The van der Waals surface area contributed by atoms with Crippen LogP contribution in [0.25, 0.3) is 0 Å². The minimum absolute atomic E-state index is 0.0437. The molecule has 1 aromatic rings. The van der Waals surface area contributed by atoms with E-state index in [9.17, 15) is 14.7 Å². The second kappa shape index (κ2) is 14.8. The van der Waals surface area contributed by atoms with Crippen molar-refractivity contribution < 1.29 is 19.4 Å². The molecule has 1 N–H and O–H groups in total. The fourth-order valence-electron chi connectivity index (χ4n) is 4.41. The van der Waals surface area contributed by atoms with Gasteiger partial charge in [0, 0.05) is 11.8 Å². The molecule has 1 fully saturated rings. The van der Waals surface area contributed by atoms with E-state index in [-0.39, 0.29) is 6.61 Å². The lowest BCUT2D eigenvalue weighted by atomic mass is 9.52. The summed E-state index contributed by atoms with van der Waals surface area (Å²) in [4.78, 5) is 25.5. The minimum atomic E-state index is -0.899. The van der Waals surface area contributed by atoms with E-state index in [1.165, 1.54) is 0 Å². The van der Waals surface area contributed by atoms with Crippen molar-refractivity contribution in [3.8, 4) is 0 Å². The topological polar surface area (TPSA) is 63.6 Å². The lowest BCUT2D eigenvalue weighted by molar-refractivity contribution is -0.166. The normalized spacial score (nSPS) is 22.5. The number of aliphatic carboxylic acids is 1. The highest BCUT2D eigenvalue weighted by atomic mass is 16.5. The van der Waals surface area contributed by atoms with Gasteiger partial charge in [-0.25, -0.2) is 0 Å². The Morgan fingerprint density at radius 3 is 2.17 bits per heavy atom. The van der Waals surface area contributed by atoms with Crippen LogP contribution >= 0.6 is 0 Å². The molecule has 4 atom stereocenters. The molecule has 0 aliphatic heterocycles. The Morgan fingerprint density at radius 2 is 1.66 bits per heavy atom. The van der Waals surface area contributed by atoms with E-state index in [4.69, 9.17) is 4.74 Å². The van der Waals surface area contributed by atoms with Crippen molar-refractivity contribution in [3.63, 3.8) is 0 Å². The SMILES string of the molecule is C=C/C=C(/COC(=O)C1[C@H](/C(C)=C/C)C(C(=O)O)[C@@H]1c1ccccc1)C(=C)/C(C)=C/C=C\C.CC. The number of carboxylic acids is 1. The standard InChI is InChI=1S/C29H34O4.C2H6/c1-7-10-15-20(5)21(6)23(14-8-2)18-33-29(32)27-24(19(4)9-3)26(28(30)31)25(27)22-16-12-11-13-17-22;1-2/h7-17,24-27H,2,6,18H2,1,3-5H3,(H,30,31);1-2H3/b10-7-,19-9+,20-15+,23-14-;/t24-,25+,26?,27?;/m1./s1. The van der Waals surface area contributed by atoms with Gasteiger partial charge in [0.05, 0.1) is 11.8 Å². The maximum Gasteiger partial charge on any atom is 0.310 e. The molecule has 0 saturated heterocycles. The van der Waals surface area contributed by atoms with Gasteiger partial charge in [0.2, 0.25) is 0 Å². The molecule has 1 saturated carbocycles. The largest absolute Gasteiger partial charge is 0.481 e. The second-order valence-corrected chi connectivity index (χ2v) is 8.27. The second-order valence-electron chi connectivity index (χ2n) is 8.27. The summed E-state index contributed by atoms with van der Waals surface area (Å²) in [7, 11) is 0. The number of allylic oxidation sites excluding steroid dienone is 8. The van der Waals surface area contributed by atoms with Crippen LogP contribution in [0.5, 0.6) is 0 Å². The fourth-order valence-corrected chi connectivity index (χ4v) is 4.41. The summed E-state index contributed by atoms with van der Waals surface area (Å²) in [5, 5.41) is 9.95. The first-order valence-corrected chi connectivity index (χ1v) is 12.2. The molecule has 1 aliphatic carbocycles. The smallest absolute Gasteiger partial charge is 0.310 e. The average Bonchev–Trinajstić information content (AvgIpc) is 2.85. The molecule has 2 rings (SSSR count). The Kier molecular flexibility index (Phi) is 12.5. The average molecular weight is 477 g/mol. The lowest BCUT2D eigenvalue weighted by Crippen LogP contribution is -2.53. The molecule has 1 aromatic carbocycles. The van der Waals surface area contributed by atoms with Gasteiger partial charge in [0.25, 0.3) is 0 Å². The predicted molar refractivity (Wildman–Crippen MR) is 145 cm³/mol. The first-order chi connectivity index (χ1) is 16.8. The summed E-state index contributed by atoms with van der Waals surface area (Å²) in [5.41, 5.74) is 4.19. The molecule has 0 amide bonds. The van der Waals surface area contributed by atoms with Gasteiger partial charge in [-0.15, -0.1) is 0 Å². The highest BCUT2D eigenvalue weighted by molar-refractivity contribution is 5.83. The molecular formula is C31H40O4. The molecule has 0 bridgehead atoms. The zero-order valence-electron chi connectivity index (χ0n) is 22.0. The van der Waals surface area contributed by atoms with E-state index in [0.717, 1.165) is 27.9 Å². The van der Waals surface area contributed by atoms with E-state index in [0.29, 0.717) is 0 Å². The van der Waals surface area contributed by atoms with Gasteiger partial charge in [-0.1, -0.05) is 99.4 Å². The third-order valence-electron chi connectivity index (χ3n) is 6.36. The number of carboxylic acid groups (broad SMARTS) is 1. The van der Waals surface area contributed by atoms with Crippen LogP contribution in [0.2, 0.25) is 0 Å². The molecule has 0 heterocycles. The van der Waals surface area contributed by atoms with Crippen molar-refractivity contribution in [1.82, 2.24) is 0 Å². The molecule has 188 valence electrons. The summed E-state index contributed by atoms with van der Waals surface area (Å²) in [6, 6.07) is 9.36. The predicted octanol–water partition coefficient (Wildman–Crippen LogP) is 7.44. The van der Waals surface area contributed by atoms with Crippen molar-refractivity contribution in [2.24, 2.45) is 17.8 Å². The monoisotopic (exact) mass is 476 g/mol. The van der Waals surface area contributed by atoms with Gasteiger partial charge in [-0.2, -0.15) is 0 Å². The Bertz CT molecular complexity index is 1010. The van der Waals surface area contributed by atoms with Gasteiger partial charge in [0.15, 0.2) is 0 Å². The van der Waals surface area contributed by atoms with E-state index in [1.807, 2.05) is 96.2 Å². The summed E-state index contributed by atoms with van der Waals surface area (Å²) >= 11 is 0. The van der Waals surface area contributed by atoms with E-state index in [1.54, 1.807) is 12.2 Å². The molecule has 2 unspecified atom stereocenters. The lowest BCUT2D eigenvalue weighted by Gasteiger charge is -2.49. The van der Waals surface area contributed by atoms with E-state index < -0.39 is 35.6 Å². The van der Waals surface area contributed by atoms with Crippen LogP contribution in [0.3, 0.4) is 0 Å². The summed E-state index contributed by atoms with van der Waals surface area (Å²) < 4.78 is 5.76. The van der Waals surface area contributed by atoms with Crippen molar-refractivity contribution in [2.45, 2.75) is 47.5 Å². The highest BCUT2D eigenvalue weighted by Crippen LogP contribution is 2.55. The molecule has 35 heavy (non-hydrogen) atoms. The minimum Gasteiger partial charge on any atom is -0.481 e. The number of carbonyl (C=O) groups excluding carboxylic acids is 1. The molecule has 0 aromatic heterocycles.